The zero-order valence-corrected chi connectivity index (χ0v) is 9.34. The number of likely N-dealkylation sites (N-methyl/N-ethyl adjacent to an activating group) is 1. The number of aromatic nitrogens is 1. The van der Waals surface area contributed by atoms with Crippen LogP contribution in [0, 0.1) is 6.92 Å². The molecule has 7 heteroatoms. The van der Waals surface area contributed by atoms with Crippen molar-refractivity contribution in [1.82, 2.24) is 10.1 Å². The predicted octanol–water partition coefficient (Wildman–Crippen LogP) is 0.190. The van der Waals surface area contributed by atoms with Gasteiger partial charge in [0.1, 0.15) is 0 Å². The number of carbonyl (C=O) groups is 1. The molecular formula is C9H14N4O3. The van der Waals surface area contributed by atoms with Crippen LogP contribution in [0.3, 0.4) is 0 Å². The second-order valence-corrected chi connectivity index (χ2v) is 3.45. The highest BCUT2D eigenvalue weighted by Crippen LogP contribution is 2.08. The molecule has 1 unspecified atom stereocenters. The first-order chi connectivity index (χ1) is 7.47. The summed E-state index contributed by atoms with van der Waals surface area (Å²) in [5.41, 5.74) is 6.02. The van der Waals surface area contributed by atoms with E-state index in [-0.39, 0.29) is 17.5 Å². The van der Waals surface area contributed by atoms with E-state index >= 15 is 0 Å². The topological polar surface area (TPSA) is 105 Å². The summed E-state index contributed by atoms with van der Waals surface area (Å²) in [6, 6.07) is 1.00. The van der Waals surface area contributed by atoms with E-state index in [4.69, 9.17) is 15.5 Å². The van der Waals surface area contributed by atoms with E-state index in [1.807, 2.05) is 0 Å². The fourth-order valence-electron chi connectivity index (χ4n) is 1.10. The highest BCUT2D eigenvalue weighted by atomic mass is 16.5. The van der Waals surface area contributed by atoms with Gasteiger partial charge in [0.15, 0.2) is 5.84 Å². The lowest BCUT2D eigenvalue weighted by molar-refractivity contribution is 0.0734. The summed E-state index contributed by atoms with van der Waals surface area (Å²) in [5, 5.41) is 15.0. The maximum Gasteiger partial charge on any atom is 0.292 e. The molecule has 0 spiro atoms. The summed E-state index contributed by atoms with van der Waals surface area (Å²) >= 11 is 0. The average Bonchev–Trinajstić information content (AvgIpc) is 2.71. The lowest BCUT2D eigenvalue weighted by Crippen LogP contribution is -2.43. The van der Waals surface area contributed by atoms with Crippen LogP contribution < -0.4 is 5.73 Å². The van der Waals surface area contributed by atoms with Gasteiger partial charge in [0, 0.05) is 13.1 Å². The molecule has 1 aromatic rings. The normalized spacial score (nSPS) is 13.6. The number of hydrogen-bond donors (Lipinski definition) is 2. The van der Waals surface area contributed by atoms with Crippen LogP contribution in [0.4, 0.5) is 0 Å². The summed E-state index contributed by atoms with van der Waals surface area (Å²) in [7, 11) is 1.53. The van der Waals surface area contributed by atoms with Crippen LogP contribution in [0.15, 0.2) is 15.7 Å². The van der Waals surface area contributed by atoms with Gasteiger partial charge in [-0.25, -0.2) is 0 Å². The first-order valence-corrected chi connectivity index (χ1v) is 4.65. The van der Waals surface area contributed by atoms with Crippen molar-refractivity contribution >= 4 is 11.7 Å². The van der Waals surface area contributed by atoms with Crippen LogP contribution in [0.2, 0.25) is 0 Å². The molecule has 7 nitrogen and oxygen atoms in total. The Hall–Kier alpha value is -2.05. The first-order valence-electron chi connectivity index (χ1n) is 4.65. The van der Waals surface area contributed by atoms with Gasteiger partial charge in [-0.1, -0.05) is 10.3 Å². The van der Waals surface area contributed by atoms with Crippen molar-refractivity contribution in [2.24, 2.45) is 10.9 Å². The smallest absolute Gasteiger partial charge is 0.292 e. The summed E-state index contributed by atoms with van der Waals surface area (Å²) in [6.07, 6.45) is 0. The van der Waals surface area contributed by atoms with Crippen LogP contribution >= 0.6 is 0 Å². The van der Waals surface area contributed by atoms with Crippen molar-refractivity contribution in [3.8, 4) is 0 Å². The van der Waals surface area contributed by atoms with E-state index in [0.717, 1.165) is 0 Å². The Balaban J connectivity index is 2.82. The number of hydrogen-bond acceptors (Lipinski definition) is 5. The van der Waals surface area contributed by atoms with Gasteiger partial charge >= 0.3 is 0 Å². The van der Waals surface area contributed by atoms with E-state index < -0.39 is 6.04 Å². The Bertz CT molecular complexity index is 413. The molecule has 3 N–H and O–H groups in total. The molecule has 0 aromatic carbocycles. The van der Waals surface area contributed by atoms with Crippen LogP contribution in [0.5, 0.6) is 0 Å². The zero-order valence-electron chi connectivity index (χ0n) is 9.34. The summed E-state index contributed by atoms with van der Waals surface area (Å²) in [5.74, 6) is -0.302. The van der Waals surface area contributed by atoms with Gasteiger partial charge < -0.3 is 20.4 Å². The third kappa shape index (κ3) is 2.30. The lowest BCUT2D eigenvalue weighted by atomic mass is 10.2. The predicted molar refractivity (Wildman–Crippen MR) is 56.2 cm³/mol. The van der Waals surface area contributed by atoms with Crippen molar-refractivity contribution in [3.05, 3.63) is 17.5 Å². The first kappa shape index (κ1) is 12.0. The van der Waals surface area contributed by atoms with Crippen molar-refractivity contribution in [2.45, 2.75) is 19.9 Å². The highest BCUT2D eigenvalue weighted by molar-refractivity contribution is 5.96. The van der Waals surface area contributed by atoms with Crippen LogP contribution in [-0.2, 0) is 0 Å². The molecule has 0 bridgehead atoms. The number of rotatable bonds is 3. The van der Waals surface area contributed by atoms with Gasteiger partial charge in [-0.2, -0.15) is 0 Å². The molecule has 0 fully saturated rings. The maximum absolute atomic E-state index is 11.8. The Morgan fingerprint density at radius 3 is 2.81 bits per heavy atom. The third-order valence-electron chi connectivity index (χ3n) is 2.28. The molecule has 1 rings (SSSR count). The van der Waals surface area contributed by atoms with Gasteiger partial charge in [-0.3, -0.25) is 4.79 Å². The molecule has 0 radical (unpaired) electrons. The highest BCUT2D eigenvalue weighted by Gasteiger charge is 2.23. The van der Waals surface area contributed by atoms with Crippen LogP contribution in [-0.4, -0.2) is 40.1 Å². The van der Waals surface area contributed by atoms with Crippen LogP contribution in [0.25, 0.3) is 0 Å². The van der Waals surface area contributed by atoms with Crippen molar-refractivity contribution in [1.29, 1.82) is 0 Å². The van der Waals surface area contributed by atoms with Crippen molar-refractivity contribution in [2.75, 3.05) is 7.05 Å². The standard InChI is InChI=1S/C9H14N4O3/c1-5-4-7(16-12-5)9(14)13(3)6(2)8(10)11-15/h4,6,15H,1-3H3,(H2,10,11). The van der Waals surface area contributed by atoms with E-state index in [2.05, 4.69) is 10.3 Å². The van der Waals surface area contributed by atoms with E-state index in [1.54, 1.807) is 13.8 Å². The molecule has 0 aliphatic carbocycles. The zero-order chi connectivity index (χ0) is 12.3. The minimum absolute atomic E-state index is 0.0490. The molecule has 0 aliphatic rings. The molecular weight excluding hydrogens is 212 g/mol. The van der Waals surface area contributed by atoms with Gasteiger partial charge in [-0.05, 0) is 13.8 Å². The van der Waals surface area contributed by atoms with Crippen molar-refractivity contribution < 1.29 is 14.5 Å². The molecule has 16 heavy (non-hydrogen) atoms. The van der Waals surface area contributed by atoms with Gasteiger partial charge in [0.05, 0.1) is 11.7 Å². The number of oxime groups is 1. The fourth-order valence-corrected chi connectivity index (χ4v) is 1.10. The Labute approximate surface area is 92.5 Å². The van der Waals surface area contributed by atoms with E-state index in [0.29, 0.717) is 5.69 Å². The lowest BCUT2D eigenvalue weighted by Gasteiger charge is -2.22. The molecule has 88 valence electrons. The monoisotopic (exact) mass is 226 g/mol. The molecule has 1 aromatic heterocycles. The summed E-state index contributed by atoms with van der Waals surface area (Å²) < 4.78 is 4.83. The number of nitrogens with two attached hydrogens (primary N) is 1. The molecule has 0 saturated heterocycles. The molecule has 0 saturated carbocycles. The number of amides is 1. The van der Waals surface area contributed by atoms with Gasteiger partial charge in [0.25, 0.3) is 5.91 Å². The van der Waals surface area contributed by atoms with Crippen LogP contribution in [0.1, 0.15) is 23.2 Å². The summed E-state index contributed by atoms with van der Waals surface area (Å²) in [4.78, 5) is 13.1. The van der Waals surface area contributed by atoms with E-state index in [9.17, 15) is 4.79 Å². The SMILES string of the molecule is Cc1cc(C(=O)N(C)C(C)C(N)=NO)on1. The number of carbonyl (C=O) groups excluding carboxylic acids is 1. The largest absolute Gasteiger partial charge is 0.409 e. The molecule has 1 amide bonds. The number of amidine groups is 1. The molecule has 1 heterocycles. The second kappa shape index (κ2) is 4.65. The Kier molecular flexibility index (Phi) is 3.49. The minimum Gasteiger partial charge on any atom is -0.409 e. The van der Waals surface area contributed by atoms with Crippen molar-refractivity contribution in [3.63, 3.8) is 0 Å². The number of nitrogens with zero attached hydrogens (tertiary/aromatic N) is 3. The average molecular weight is 226 g/mol. The molecule has 0 aliphatic heterocycles. The van der Waals surface area contributed by atoms with E-state index in [1.165, 1.54) is 18.0 Å². The Morgan fingerprint density at radius 1 is 1.75 bits per heavy atom. The third-order valence-corrected chi connectivity index (χ3v) is 2.28. The summed E-state index contributed by atoms with van der Waals surface area (Å²) in [6.45, 7) is 3.35. The van der Waals surface area contributed by atoms with Gasteiger partial charge in [0.2, 0.25) is 5.76 Å². The minimum atomic E-state index is -0.525. The maximum atomic E-state index is 11.8. The fraction of sp³-hybridized carbons (Fsp3) is 0.444. The Morgan fingerprint density at radius 2 is 2.38 bits per heavy atom. The quantitative estimate of drug-likeness (QED) is 0.331. The number of aryl methyl sites for hydroxylation is 1. The molecule has 1 atom stereocenters. The second-order valence-electron chi connectivity index (χ2n) is 3.45. The van der Waals surface area contributed by atoms with Gasteiger partial charge in [-0.15, -0.1) is 0 Å².